The van der Waals surface area contributed by atoms with Crippen molar-refractivity contribution >= 4 is 27.4 Å². The molecule has 0 saturated heterocycles. The lowest BCUT2D eigenvalue weighted by atomic mass is 10.2. The maximum Gasteiger partial charge on any atom is 0.279 e. The summed E-state index contributed by atoms with van der Waals surface area (Å²) in [5.41, 5.74) is 0.290. The number of nitrogens with zero attached hydrogens (tertiary/aromatic N) is 5. The number of aromatic nitrogens is 1. The van der Waals surface area contributed by atoms with Gasteiger partial charge in [-0.2, -0.15) is 23.4 Å². The molecule has 0 radical (unpaired) electrons. The van der Waals surface area contributed by atoms with E-state index in [0.717, 1.165) is 4.41 Å². The summed E-state index contributed by atoms with van der Waals surface area (Å²) in [6.07, 6.45) is 0. The maximum atomic E-state index is 13.6. The fraction of sp³-hybridized carbons (Fsp3) is 0.227. The number of nitriles is 2. The number of hydrazine groups is 1. The second-order valence-corrected chi connectivity index (χ2v) is 8.98. The number of sulfonamides is 1. The molecule has 0 unspecified atom stereocenters. The molecule has 11 heteroatoms. The number of halogens is 1. The minimum atomic E-state index is -4.13. The van der Waals surface area contributed by atoms with Gasteiger partial charge in [-0.1, -0.05) is 30.6 Å². The summed E-state index contributed by atoms with van der Waals surface area (Å²) in [6, 6.07) is 13.9. The van der Waals surface area contributed by atoms with Crippen LogP contribution in [0.25, 0.3) is 0 Å². The van der Waals surface area contributed by atoms with Gasteiger partial charge in [0.2, 0.25) is 5.82 Å². The van der Waals surface area contributed by atoms with Gasteiger partial charge in [-0.3, -0.25) is 0 Å². The van der Waals surface area contributed by atoms with Gasteiger partial charge in [-0.15, -0.1) is 0 Å². The van der Waals surface area contributed by atoms with Crippen LogP contribution in [0.15, 0.2) is 51.9 Å². The quantitative estimate of drug-likeness (QED) is 0.423. The molecule has 0 aliphatic heterocycles. The molecule has 1 heterocycles. The van der Waals surface area contributed by atoms with Crippen LogP contribution in [0, 0.1) is 29.6 Å². The SMILES string of the molecule is CCN(CC)N(c1cc(C)on1)S(=O)(=O)c1ccc(Oc2ccc(C#N)c(Cl)c2)c(C#N)c1. The van der Waals surface area contributed by atoms with E-state index in [-0.39, 0.29) is 32.6 Å². The van der Waals surface area contributed by atoms with Crippen LogP contribution in [0.4, 0.5) is 5.82 Å². The zero-order valence-corrected chi connectivity index (χ0v) is 19.7. The second kappa shape index (κ2) is 9.92. The minimum absolute atomic E-state index is 0.00684. The molecule has 1 aromatic heterocycles. The van der Waals surface area contributed by atoms with E-state index in [2.05, 4.69) is 5.16 Å². The normalized spacial score (nSPS) is 11.1. The largest absolute Gasteiger partial charge is 0.456 e. The van der Waals surface area contributed by atoms with E-state index in [1.54, 1.807) is 11.9 Å². The second-order valence-electron chi connectivity index (χ2n) is 6.81. The molecule has 3 rings (SSSR count). The standard InChI is InChI=1S/C22H20ClN5O4S/c1-4-27(5-2)28(22-10-15(3)32-26-22)33(29,30)19-8-9-21(17(11-19)14-25)31-18-7-6-16(13-24)20(23)12-18/h6-12H,4-5H2,1-3H3. The fourth-order valence-electron chi connectivity index (χ4n) is 3.07. The van der Waals surface area contributed by atoms with E-state index in [4.69, 9.17) is 26.1 Å². The Labute approximate surface area is 197 Å². The molecule has 170 valence electrons. The molecule has 0 aliphatic rings. The van der Waals surface area contributed by atoms with Crippen LogP contribution in [-0.4, -0.2) is 31.7 Å². The highest BCUT2D eigenvalue weighted by molar-refractivity contribution is 7.92. The average molecular weight is 486 g/mol. The van der Waals surface area contributed by atoms with Gasteiger partial charge in [0, 0.05) is 25.2 Å². The van der Waals surface area contributed by atoms with E-state index in [9.17, 15) is 13.7 Å². The Morgan fingerprint density at radius 1 is 1.06 bits per heavy atom. The van der Waals surface area contributed by atoms with Gasteiger partial charge >= 0.3 is 0 Å². The van der Waals surface area contributed by atoms with Crippen LogP contribution in [0.2, 0.25) is 5.02 Å². The molecule has 33 heavy (non-hydrogen) atoms. The number of aryl methyl sites for hydroxylation is 1. The van der Waals surface area contributed by atoms with Gasteiger partial charge in [-0.25, -0.2) is 5.01 Å². The van der Waals surface area contributed by atoms with E-state index < -0.39 is 10.0 Å². The zero-order valence-electron chi connectivity index (χ0n) is 18.1. The zero-order chi connectivity index (χ0) is 24.2. The number of hydrogen-bond donors (Lipinski definition) is 0. The Hall–Kier alpha value is -3.57. The molecule has 0 aliphatic carbocycles. The first-order valence-electron chi connectivity index (χ1n) is 9.90. The van der Waals surface area contributed by atoms with Crippen LogP contribution in [0.3, 0.4) is 0 Å². The molecule has 3 aromatic rings. The molecule has 2 aromatic carbocycles. The van der Waals surface area contributed by atoms with Crippen molar-refractivity contribution in [1.82, 2.24) is 10.2 Å². The van der Waals surface area contributed by atoms with Crippen molar-refractivity contribution in [1.29, 1.82) is 10.5 Å². The van der Waals surface area contributed by atoms with Gasteiger partial charge < -0.3 is 9.26 Å². The molecule has 0 bridgehead atoms. The Balaban J connectivity index is 2.02. The highest BCUT2D eigenvalue weighted by atomic mass is 35.5. The van der Waals surface area contributed by atoms with Gasteiger partial charge in [0.05, 0.1) is 21.0 Å². The Kier molecular flexibility index (Phi) is 7.24. The Morgan fingerprint density at radius 3 is 2.30 bits per heavy atom. The molecule has 9 nitrogen and oxygen atoms in total. The third kappa shape index (κ3) is 4.94. The maximum absolute atomic E-state index is 13.6. The lowest BCUT2D eigenvalue weighted by Crippen LogP contribution is -2.46. The van der Waals surface area contributed by atoms with Gasteiger partial charge in [0.25, 0.3) is 10.0 Å². The molecule has 0 spiro atoms. The number of ether oxygens (including phenoxy) is 1. The summed E-state index contributed by atoms with van der Waals surface area (Å²) < 4.78 is 39.0. The molecule has 0 N–H and O–H groups in total. The predicted molar refractivity (Wildman–Crippen MR) is 121 cm³/mol. The molecule has 0 saturated carbocycles. The lowest BCUT2D eigenvalue weighted by Gasteiger charge is -2.31. The summed E-state index contributed by atoms with van der Waals surface area (Å²) in [6.45, 7) is 6.10. The number of hydrogen-bond acceptors (Lipinski definition) is 8. The minimum Gasteiger partial charge on any atom is -0.456 e. The first-order valence-corrected chi connectivity index (χ1v) is 11.7. The van der Waals surface area contributed by atoms with Gasteiger partial charge in [-0.05, 0) is 37.3 Å². The van der Waals surface area contributed by atoms with Crippen LogP contribution in [0.5, 0.6) is 11.5 Å². The molecular formula is C22H20ClN5O4S. The summed E-state index contributed by atoms with van der Waals surface area (Å²) >= 11 is 6.04. The smallest absolute Gasteiger partial charge is 0.279 e. The van der Waals surface area contributed by atoms with Crippen molar-refractivity contribution in [3.8, 4) is 23.6 Å². The van der Waals surface area contributed by atoms with Crippen LogP contribution < -0.4 is 9.15 Å². The molecule has 0 atom stereocenters. The van der Waals surface area contributed by atoms with Crippen molar-refractivity contribution in [2.24, 2.45) is 0 Å². The number of anilines is 1. The van der Waals surface area contributed by atoms with E-state index in [0.29, 0.717) is 24.6 Å². The summed E-state index contributed by atoms with van der Waals surface area (Å²) in [5.74, 6) is 1.01. The monoisotopic (exact) mass is 485 g/mol. The summed E-state index contributed by atoms with van der Waals surface area (Å²) in [5, 5.41) is 24.3. The van der Waals surface area contributed by atoms with E-state index in [1.165, 1.54) is 42.5 Å². The van der Waals surface area contributed by atoms with Crippen LogP contribution >= 0.6 is 11.6 Å². The number of rotatable bonds is 8. The van der Waals surface area contributed by atoms with Crippen molar-refractivity contribution in [2.75, 3.05) is 17.5 Å². The van der Waals surface area contributed by atoms with Crippen LogP contribution in [-0.2, 0) is 10.0 Å². The average Bonchev–Trinajstić information content (AvgIpc) is 3.22. The van der Waals surface area contributed by atoms with Crippen LogP contribution in [0.1, 0.15) is 30.7 Å². The highest BCUT2D eigenvalue weighted by Crippen LogP contribution is 2.32. The highest BCUT2D eigenvalue weighted by Gasteiger charge is 2.32. The third-order valence-corrected chi connectivity index (χ3v) is 6.72. The fourth-order valence-corrected chi connectivity index (χ4v) is 4.85. The Bertz CT molecular complexity index is 1350. The molecule has 0 amide bonds. The Morgan fingerprint density at radius 2 is 1.76 bits per heavy atom. The van der Waals surface area contributed by atoms with Crippen molar-refractivity contribution < 1.29 is 17.7 Å². The summed E-state index contributed by atoms with van der Waals surface area (Å²) in [4.78, 5) is -0.114. The topological polar surface area (TPSA) is 123 Å². The molecule has 0 fully saturated rings. The van der Waals surface area contributed by atoms with Crippen molar-refractivity contribution in [2.45, 2.75) is 25.7 Å². The van der Waals surface area contributed by atoms with Crippen molar-refractivity contribution in [3.05, 3.63) is 64.4 Å². The van der Waals surface area contributed by atoms with Gasteiger partial charge in [0.1, 0.15) is 29.4 Å². The molecular weight excluding hydrogens is 466 g/mol. The third-order valence-electron chi connectivity index (χ3n) is 4.68. The first kappa shape index (κ1) is 24.1. The van der Waals surface area contributed by atoms with E-state index >= 15 is 0 Å². The number of benzene rings is 2. The van der Waals surface area contributed by atoms with Gasteiger partial charge in [0.15, 0.2) is 0 Å². The first-order chi connectivity index (χ1) is 15.7. The van der Waals surface area contributed by atoms with E-state index in [1.807, 2.05) is 26.0 Å². The lowest BCUT2D eigenvalue weighted by molar-refractivity contribution is 0.310. The predicted octanol–water partition coefficient (Wildman–Crippen LogP) is 4.62. The summed E-state index contributed by atoms with van der Waals surface area (Å²) in [7, 11) is -4.13. The van der Waals surface area contributed by atoms with Crippen molar-refractivity contribution in [3.63, 3.8) is 0 Å².